The minimum Gasteiger partial charge on any atom is -0.325 e. The van der Waals surface area contributed by atoms with E-state index < -0.39 is 0 Å². The maximum atomic E-state index is 13.2. The van der Waals surface area contributed by atoms with Gasteiger partial charge in [-0.1, -0.05) is 41.9 Å². The molecule has 3 aromatic heterocycles. The van der Waals surface area contributed by atoms with Crippen LogP contribution < -0.4 is 10.9 Å². The van der Waals surface area contributed by atoms with Gasteiger partial charge in [-0.05, 0) is 48.4 Å². The van der Waals surface area contributed by atoms with Crippen LogP contribution in [-0.4, -0.2) is 20.4 Å². The number of hydrogen-bond acceptors (Lipinski definition) is 5. The first-order valence-electron chi connectivity index (χ1n) is 9.90. The van der Waals surface area contributed by atoms with Gasteiger partial charge in [0.2, 0.25) is 5.91 Å². The monoisotopic (exact) mass is 460 g/mol. The van der Waals surface area contributed by atoms with Gasteiger partial charge in [-0.3, -0.25) is 14.2 Å². The Balaban J connectivity index is 1.55. The van der Waals surface area contributed by atoms with Crippen LogP contribution in [0.25, 0.3) is 31.6 Å². The molecule has 0 saturated heterocycles. The average molecular weight is 461 g/mol. The first-order valence-corrected chi connectivity index (χ1v) is 11.1. The van der Waals surface area contributed by atoms with Crippen molar-refractivity contribution in [2.75, 3.05) is 5.32 Å². The molecule has 5 aromatic rings. The zero-order valence-electron chi connectivity index (χ0n) is 17.0. The van der Waals surface area contributed by atoms with Gasteiger partial charge in [0.25, 0.3) is 5.56 Å². The highest BCUT2D eigenvalue weighted by atomic mass is 35.5. The number of carbonyl (C=O) groups is 1. The highest BCUT2D eigenvalue weighted by molar-refractivity contribution is 7.25. The highest BCUT2D eigenvalue weighted by Crippen LogP contribution is 2.37. The van der Waals surface area contributed by atoms with E-state index in [0.29, 0.717) is 20.9 Å². The molecule has 158 valence electrons. The van der Waals surface area contributed by atoms with Crippen LogP contribution in [-0.2, 0) is 11.3 Å². The van der Waals surface area contributed by atoms with Crippen molar-refractivity contribution in [1.29, 1.82) is 0 Å². The minimum atomic E-state index is -0.323. The topological polar surface area (TPSA) is 76.9 Å². The molecule has 1 amide bonds. The molecule has 0 fully saturated rings. The number of hydrogen-bond donors (Lipinski definition) is 1. The van der Waals surface area contributed by atoms with Crippen LogP contribution in [0.4, 0.5) is 5.69 Å². The summed E-state index contributed by atoms with van der Waals surface area (Å²) >= 11 is 7.18. The third-order valence-electron chi connectivity index (χ3n) is 5.07. The van der Waals surface area contributed by atoms with Gasteiger partial charge in [0.1, 0.15) is 16.1 Å². The molecule has 32 heavy (non-hydrogen) atoms. The minimum absolute atomic E-state index is 0.142. The molecule has 0 aliphatic carbocycles. The van der Waals surface area contributed by atoms with E-state index in [-0.39, 0.29) is 18.0 Å². The van der Waals surface area contributed by atoms with Gasteiger partial charge in [-0.2, -0.15) is 0 Å². The first kappa shape index (κ1) is 20.4. The van der Waals surface area contributed by atoms with Crippen LogP contribution in [0.3, 0.4) is 0 Å². The second-order valence-electron chi connectivity index (χ2n) is 7.37. The number of fused-ring (bicyclic) bond motifs is 3. The summed E-state index contributed by atoms with van der Waals surface area (Å²) in [5, 5.41) is 4.20. The summed E-state index contributed by atoms with van der Waals surface area (Å²) in [6.07, 6.45) is 1.42. The summed E-state index contributed by atoms with van der Waals surface area (Å²) in [6.45, 7) is 1.79. The molecule has 0 spiro atoms. The van der Waals surface area contributed by atoms with E-state index in [0.717, 1.165) is 27.0 Å². The number of pyridine rings is 1. The van der Waals surface area contributed by atoms with Gasteiger partial charge in [0, 0.05) is 21.8 Å². The van der Waals surface area contributed by atoms with Crippen molar-refractivity contribution in [2.24, 2.45) is 0 Å². The number of benzene rings is 2. The van der Waals surface area contributed by atoms with Crippen molar-refractivity contribution in [1.82, 2.24) is 14.5 Å². The van der Waals surface area contributed by atoms with Crippen molar-refractivity contribution in [3.05, 3.63) is 88.1 Å². The lowest BCUT2D eigenvalue weighted by molar-refractivity contribution is -0.116. The summed E-state index contributed by atoms with van der Waals surface area (Å²) in [5.74, 6) is -0.323. The summed E-state index contributed by atoms with van der Waals surface area (Å²) in [4.78, 5) is 35.6. The van der Waals surface area contributed by atoms with Crippen molar-refractivity contribution >= 4 is 55.0 Å². The maximum absolute atomic E-state index is 13.2. The normalized spacial score (nSPS) is 11.2. The quantitative estimate of drug-likeness (QED) is 0.396. The number of thiophene rings is 1. The number of anilines is 1. The van der Waals surface area contributed by atoms with E-state index in [1.807, 2.05) is 43.3 Å². The Morgan fingerprint density at radius 1 is 1.12 bits per heavy atom. The third-order valence-corrected chi connectivity index (χ3v) is 6.39. The zero-order valence-corrected chi connectivity index (χ0v) is 18.6. The molecule has 8 heteroatoms. The fourth-order valence-corrected chi connectivity index (χ4v) is 4.90. The Morgan fingerprint density at radius 3 is 2.62 bits per heavy atom. The van der Waals surface area contributed by atoms with Crippen molar-refractivity contribution in [3.8, 4) is 11.1 Å². The first-order chi connectivity index (χ1) is 15.5. The largest absolute Gasteiger partial charge is 0.325 e. The van der Waals surface area contributed by atoms with Crippen molar-refractivity contribution < 1.29 is 4.79 Å². The maximum Gasteiger partial charge on any atom is 0.271 e. The fourth-order valence-electron chi connectivity index (χ4n) is 3.63. The lowest BCUT2D eigenvalue weighted by Gasteiger charge is -2.08. The molecular formula is C24H17ClN4O2S. The van der Waals surface area contributed by atoms with E-state index >= 15 is 0 Å². The predicted octanol–water partition coefficient (Wildman–Crippen LogP) is 5.27. The molecule has 1 N–H and O–H groups in total. The lowest BCUT2D eigenvalue weighted by Crippen LogP contribution is -2.27. The molecule has 3 heterocycles. The summed E-state index contributed by atoms with van der Waals surface area (Å²) in [5.41, 5.74) is 3.85. The van der Waals surface area contributed by atoms with Crippen LogP contribution in [0.1, 0.15) is 5.69 Å². The summed E-state index contributed by atoms with van der Waals surface area (Å²) in [7, 11) is 0. The van der Waals surface area contributed by atoms with Crippen LogP contribution >= 0.6 is 22.9 Å². The SMILES string of the molecule is Cc1cc(-c2ccccc2)c2c(n1)sc1c(=O)n(CC(=O)Nc3ccc(Cl)cc3)cnc12. The second-order valence-corrected chi connectivity index (χ2v) is 8.81. The molecular weight excluding hydrogens is 444 g/mol. The molecule has 0 unspecified atom stereocenters. The second kappa shape index (κ2) is 8.18. The number of nitrogens with zero attached hydrogens (tertiary/aromatic N) is 3. The third kappa shape index (κ3) is 3.77. The van der Waals surface area contributed by atoms with Crippen molar-refractivity contribution in [2.45, 2.75) is 13.5 Å². The van der Waals surface area contributed by atoms with Gasteiger partial charge in [0.15, 0.2) is 0 Å². The fraction of sp³-hybridized carbons (Fsp3) is 0.0833. The van der Waals surface area contributed by atoms with Crippen molar-refractivity contribution in [3.63, 3.8) is 0 Å². The number of aromatic nitrogens is 3. The van der Waals surface area contributed by atoms with E-state index in [4.69, 9.17) is 11.6 Å². The molecule has 5 rings (SSSR count). The lowest BCUT2D eigenvalue weighted by atomic mass is 10.0. The Bertz CT molecular complexity index is 1530. The molecule has 0 radical (unpaired) electrons. The smallest absolute Gasteiger partial charge is 0.271 e. The molecule has 2 aromatic carbocycles. The van der Waals surface area contributed by atoms with Gasteiger partial charge in [0.05, 0.1) is 11.8 Å². The van der Waals surface area contributed by atoms with E-state index in [1.54, 1.807) is 24.3 Å². The highest BCUT2D eigenvalue weighted by Gasteiger charge is 2.18. The van der Waals surface area contributed by atoms with Crippen LogP contribution in [0, 0.1) is 6.92 Å². The zero-order chi connectivity index (χ0) is 22.2. The standard InChI is InChI=1S/C24H17ClN4O2S/c1-14-11-18(15-5-3-2-4-6-15)20-21-22(32-23(20)27-14)24(31)29(13-26-21)12-19(30)28-17-9-7-16(25)8-10-17/h2-11,13H,12H2,1H3,(H,28,30). The Kier molecular flexibility index (Phi) is 5.20. The van der Waals surface area contributed by atoms with E-state index in [9.17, 15) is 9.59 Å². The number of amides is 1. The van der Waals surface area contributed by atoms with E-state index in [2.05, 4.69) is 15.3 Å². The Hall–Kier alpha value is -3.55. The number of halogens is 1. The summed E-state index contributed by atoms with van der Waals surface area (Å²) in [6, 6.07) is 18.8. The average Bonchev–Trinajstić information content (AvgIpc) is 3.16. The molecule has 0 aliphatic heterocycles. The van der Waals surface area contributed by atoms with Gasteiger partial charge in [-0.25, -0.2) is 9.97 Å². The number of aryl methyl sites for hydroxylation is 1. The molecule has 0 aliphatic rings. The van der Waals surface area contributed by atoms with Gasteiger partial charge in [-0.15, -0.1) is 11.3 Å². The van der Waals surface area contributed by atoms with Crippen LogP contribution in [0.5, 0.6) is 0 Å². The molecule has 6 nitrogen and oxygen atoms in total. The summed E-state index contributed by atoms with van der Waals surface area (Å²) < 4.78 is 1.80. The number of rotatable bonds is 4. The molecule has 0 bridgehead atoms. The number of carbonyl (C=O) groups excluding carboxylic acids is 1. The molecule has 0 atom stereocenters. The Morgan fingerprint density at radius 2 is 1.88 bits per heavy atom. The molecule has 0 saturated carbocycles. The van der Waals surface area contributed by atoms with Crippen LogP contribution in [0.2, 0.25) is 5.02 Å². The van der Waals surface area contributed by atoms with Crippen LogP contribution in [0.15, 0.2) is 71.8 Å². The number of nitrogens with one attached hydrogen (secondary N) is 1. The van der Waals surface area contributed by atoms with E-state index in [1.165, 1.54) is 22.2 Å². The van der Waals surface area contributed by atoms with Gasteiger partial charge < -0.3 is 5.32 Å². The Labute approximate surface area is 192 Å². The van der Waals surface area contributed by atoms with Gasteiger partial charge >= 0.3 is 0 Å². The predicted molar refractivity (Wildman–Crippen MR) is 129 cm³/mol.